The van der Waals surface area contributed by atoms with Crippen LogP contribution in [0.4, 0.5) is 18.9 Å². The van der Waals surface area contributed by atoms with Gasteiger partial charge in [-0.2, -0.15) is 17.5 Å². The van der Waals surface area contributed by atoms with Crippen molar-refractivity contribution in [1.29, 1.82) is 0 Å². The number of fused-ring (bicyclic) bond motifs is 1. The fourth-order valence-electron chi connectivity index (χ4n) is 2.49. The third-order valence-electron chi connectivity index (χ3n) is 3.42. The van der Waals surface area contributed by atoms with Gasteiger partial charge in [-0.25, -0.2) is 9.83 Å². The molecule has 118 valence electrons. The molecule has 23 heavy (non-hydrogen) atoms. The van der Waals surface area contributed by atoms with E-state index >= 15 is 0 Å². The normalized spacial score (nSPS) is 11.8. The summed E-state index contributed by atoms with van der Waals surface area (Å²) in [5.74, 6) is 0.434. The lowest BCUT2D eigenvalue weighted by Crippen LogP contribution is -2.07. The molecule has 0 amide bonds. The second kappa shape index (κ2) is 5.51. The maximum Gasteiger partial charge on any atom is 0.408 e. The Balaban J connectivity index is 2.22. The molecule has 0 atom stereocenters. The molecule has 0 aliphatic heterocycles. The van der Waals surface area contributed by atoms with Crippen molar-refractivity contribution in [2.45, 2.75) is 19.6 Å². The van der Waals surface area contributed by atoms with E-state index in [0.29, 0.717) is 17.0 Å². The number of benzene rings is 1. The second-order valence-electron chi connectivity index (χ2n) is 4.84. The van der Waals surface area contributed by atoms with Gasteiger partial charge >= 0.3 is 6.18 Å². The fourth-order valence-corrected chi connectivity index (χ4v) is 3.12. The summed E-state index contributed by atoms with van der Waals surface area (Å²) in [6, 6.07) is 4.13. The number of alkyl halides is 3. The first-order valence-corrected chi connectivity index (χ1v) is 7.52. The Kier molecular flexibility index (Phi) is 3.78. The molecule has 0 fully saturated rings. The van der Waals surface area contributed by atoms with Gasteiger partial charge < -0.3 is 4.57 Å². The molecule has 3 aromatic rings. The van der Waals surface area contributed by atoms with Gasteiger partial charge in [0, 0.05) is 16.6 Å². The number of aromatic nitrogens is 3. The van der Waals surface area contributed by atoms with E-state index in [9.17, 15) is 13.2 Å². The highest BCUT2D eigenvalue weighted by Crippen LogP contribution is 2.42. The van der Waals surface area contributed by atoms with E-state index in [-0.39, 0.29) is 16.4 Å². The van der Waals surface area contributed by atoms with Crippen molar-refractivity contribution in [3.63, 3.8) is 0 Å². The predicted octanol–water partition coefficient (Wildman–Crippen LogP) is 5.07. The van der Waals surface area contributed by atoms with Gasteiger partial charge in [0.1, 0.15) is 0 Å². The standard InChI is InChI=1S/C14H8ClF3N4S/c1-7-5-8-10(22(7)6-11-20-13(15)23-21-11)4-3-9(19-2)12(8)14(16,17)18/h3-5H,6H2,1H3. The summed E-state index contributed by atoms with van der Waals surface area (Å²) in [6.07, 6.45) is -4.60. The van der Waals surface area contributed by atoms with Crippen LogP contribution >= 0.6 is 23.1 Å². The molecule has 3 rings (SSSR count). The number of hydrogen-bond donors (Lipinski definition) is 0. The molecule has 0 radical (unpaired) electrons. The van der Waals surface area contributed by atoms with Gasteiger partial charge in [0.2, 0.25) is 4.47 Å². The lowest BCUT2D eigenvalue weighted by atomic mass is 10.1. The molecular weight excluding hydrogens is 349 g/mol. The highest BCUT2D eigenvalue weighted by atomic mass is 35.5. The first-order valence-electron chi connectivity index (χ1n) is 6.37. The van der Waals surface area contributed by atoms with Crippen LogP contribution in [-0.4, -0.2) is 13.9 Å². The Bertz CT molecular complexity index is 936. The maximum absolute atomic E-state index is 13.3. The first-order chi connectivity index (χ1) is 10.8. The molecule has 0 aliphatic carbocycles. The summed E-state index contributed by atoms with van der Waals surface area (Å²) < 4.78 is 46.0. The quantitative estimate of drug-likeness (QED) is 0.601. The molecular formula is C14H8ClF3N4S. The van der Waals surface area contributed by atoms with Crippen LogP contribution in [0, 0.1) is 13.5 Å². The molecule has 2 heterocycles. The Morgan fingerprint density at radius 1 is 1.39 bits per heavy atom. The first kappa shape index (κ1) is 15.8. The Labute approximate surface area is 138 Å². The van der Waals surface area contributed by atoms with Gasteiger partial charge in [0.15, 0.2) is 11.5 Å². The molecule has 9 heteroatoms. The summed E-state index contributed by atoms with van der Waals surface area (Å²) in [5.41, 5.74) is -0.306. The van der Waals surface area contributed by atoms with Gasteiger partial charge in [-0.05, 0) is 42.2 Å². The fraction of sp³-hybridized carbons (Fsp3) is 0.214. The SMILES string of the molecule is [C-]#[N+]c1ccc2c(cc(C)n2Cc2nsc(Cl)n2)c1C(F)(F)F. The third kappa shape index (κ3) is 2.78. The van der Waals surface area contributed by atoms with Crippen molar-refractivity contribution < 1.29 is 13.2 Å². The van der Waals surface area contributed by atoms with Crippen LogP contribution in [0.15, 0.2) is 18.2 Å². The van der Waals surface area contributed by atoms with E-state index in [1.165, 1.54) is 18.2 Å². The molecule has 4 nitrogen and oxygen atoms in total. The Morgan fingerprint density at radius 2 is 2.13 bits per heavy atom. The number of aryl methyl sites for hydroxylation is 1. The molecule has 0 aliphatic rings. The van der Waals surface area contributed by atoms with E-state index in [2.05, 4.69) is 14.2 Å². The number of halogens is 4. The number of nitrogens with zero attached hydrogens (tertiary/aromatic N) is 4. The van der Waals surface area contributed by atoms with Crippen molar-refractivity contribution >= 4 is 39.7 Å². The largest absolute Gasteiger partial charge is 0.408 e. The van der Waals surface area contributed by atoms with Gasteiger partial charge in [-0.3, -0.25) is 0 Å². The third-order valence-corrected chi connectivity index (χ3v) is 4.25. The molecule has 0 bridgehead atoms. The average Bonchev–Trinajstić information content (AvgIpc) is 3.01. The van der Waals surface area contributed by atoms with Crippen molar-refractivity contribution in [3.8, 4) is 0 Å². The Hall–Kier alpha value is -2.11. The molecule has 2 aromatic heterocycles. The molecule has 0 N–H and O–H groups in total. The smallest absolute Gasteiger partial charge is 0.337 e. The van der Waals surface area contributed by atoms with E-state index in [0.717, 1.165) is 11.5 Å². The van der Waals surface area contributed by atoms with Crippen LogP contribution in [0.2, 0.25) is 4.47 Å². The molecule has 0 saturated heterocycles. The minimum Gasteiger partial charge on any atom is -0.337 e. The van der Waals surface area contributed by atoms with Crippen LogP contribution in [-0.2, 0) is 12.7 Å². The lowest BCUT2D eigenvalue weighted by Gasteiger charge is -2.11. The van der Waals surface area contributed by atoms with Gasteiger partial charge in [0.05, 0.1) is 18.7 Å². The monoisotopic (exact) mass is 356 g/mol. The van der Waals surface area contributed by atoms with E-state index in [1.54, 1.807) is 11.5 Å². The zero-order chi connectivity index (χ0) is 16.8. The molecule has 0 saturated carbocycles. The van der Waals surface area contributed by atoms with Crippen LogP contribution < -0.4 is 0 Å². The van der Waals surface area contributed by atoms with Crippen molar-refractivity contribution in [2.24, 2.45) is 0 Å². The highest BCUT2D eigenvalue weighted by Gasteiger charge is 2.36. The van der Waals surface area contributed by atoms with Crippen LogP contribution in [0.3, 0.4) is 0 Å². The van der Waals surface area contributed by atoms with E-state index < -0.39 is 17.4 Å². The summed E-state index contributed by atoms with van der Waals surface area (Å²) in [5, 5.41) is 0.00447. The highest BCUT2D eigenvalue weighted by molar-refractivity contribution is 7.10. The van der Waals surface area contributed by atoms with Crippen LogP contribution in [0.25, 0.3) is 15.7 Å². The van der Waals surface area contributed by atoms with E-state index in [1.807, 2.05) is 0 Å². The molecule has 0 unspecified atom stereocenters. The van der Waals surface area contributed by atoms with Crippen LogP contribution in [0.5, 0.6) is 0 Å². The maximum atomic E-state index is 13.3. The average molecular weight is 357 g/mol. The molecule has 1 aromatic carbocycles. The van der Waals surface area contributed by atoms with Gasteiger partial charge in [-0.1, -0.05) is 6.07 Å². The summed E-state index contributed by atoms with van der Waals surface area (Å²) in [7, 11) is 0. The Morgan fingerprint density at radius 3 is 2.70 bits per heavy atom. The summed E-state index contributed by atoms with van der Waals surface area (Å²) in [6.45, 7) is 8.88. The van der Waals surface area contributed by atoms with Crippen molar-refractivity contribution in [1.82, 2.24) is 13.9 Å². The van der Waals surface area contributed by atoms with Crippen molar-refractivity contribution in [2.75, 3.05) is 0 Å². The number of rotatable bonds is 2. The predicted molar refractivity (Wildman–Crippen MR) is 82.0 cm³/mol. The van der Waals surface area contributed by atoms with Crippen LogP contribution in [0.1, 0.15) is 17.1 Å². The lowest BCUT2D eigenvalue weighted by molar-refractivity contribution is -0.135. The van der Waals surface area contributed by atoms with Gasteiger partial charge in [0.25, 0.3) is 0 Å². The minimum atomic E-state index is -4.60. The zero-order valence-electron chi connectivity index (χ0n) is 11.6. The summed E-state index contributed by atoms with van der Waals surface area (Å²) >= 11 is 6.76. The topological polar surface area (TPSA) is 35.1 Å². The summed E-state index contributed by atoms with van der Waals surface area (Å²) in [4.78, 5) is 7.01. The second-order valence-corrected chi connectivity index (χ2v) is 6.17. The zero-order valence-corrected chi connectivity index (χ0v) is 13.2. The van der Waals surface area contributed by atoms with Gasteiger partial charge in [-0.15, -0.1) is 0 Å². The van der Waals surface area contributed by atoms with Crippen molar-refractivity contribution in [3.05, 3.63) is 51.2 Å². The number of hydrogen-bond acceptors (Lipinski definition) is 3. The molecule has 0 spiro atoms. The minimum absolute atomic E-state index is 0.00447. The van der Waals surface area contributed by atoms with E-state index in [4.69, 9.17) is 18.2 Å².